The van der Waals surface area contributed by atoms with Crippen molar-refractivity contribution < 1.29 is 24.1 Å². The number of benzene rings is 5. The van der Waals surface area contributed by atoms with Crippen LogP contribution in [0.2, 0.25) is 0 Å². The Morgan fingerprint density at radius 3 is 2.00 bits per heavy atom. The Labute approximate surface area is 278 Å². The summed E-state index contributed by atoms with van der Waals surface area (Å²) in [5.41, 5.74) is 11.6. The summed E-state index contributed by atoms with van der Waals surface area (Å²) in [5, 5.41) is 2.38. The van der Waals surface area contributed by atoms with Gasteiger partial charge in [-0.1, -0.05) is 18.2 Å². The fourth-order valence-electron chi connectivity index (χ4n) is 6.85. The molecule has 0 spiro atoms. The van der Waals surface area contributed by atoms with E-state index in [0.717, 1.165) is 54.4 Å². The molecule has 0 fully saturated rings. The molecule has 228 valence electrons. The van der Waals surface area contributed by atoms with E-state index in [1.165, 1.54) is 33.2 Å². The van der Waals surface area contributed by atoms with Gasteiger partial charge in [0.15, 0.2) is 0 Å². The van der Waals surface area contributed by atoms with Crippen LogP contribution in [0.1, 0.15) is 22.3 Å². The van der Waals surface area contributed by atoms with Crippen LogP contribution in [0.15, 0.2) is 121 Å². The Bertz CT molecular complexity index is 2500. The summed E-state index contributed by atoms with van der Waals surface area (Å²) in [5.74, 6) is 2.48. The van der Waals surface area contributed by atoms with Gasteiger partial charge >= 0.3 is 249 Å². The molecule has 3 heterocycles. The first-order chi connectivity index (χ1) is 22.4. The number of hydrogen-bond acceptors (Lipinski definition) is 2. The second-order valence-electron chi connectivity index (χ2n) is 11.9. The van der Waals surface area contributed by atoms with Crippen LogP contribution in [-0.2, 0) is 19.4 Å². The van der Waals surface area contributed by atoms with Crippen molar-refractivity contribution in [2.45, 2.75) is 27.7 Å². The Hall–Kier alpha value is -4.99. The van der Waals surface area contributed by atoms with E-state index in [0.29, 0.717) is 0 Å². The third kappa shape index (κ3) is 4.57. The molecule has 0 bridgehead atoms. The van der Waals surface area contributed by atoms with E-state index >= 15 is 0 Å². The first-order valence-electron chi connectivity index (χ1n) is 15.4. The molecule has 8 aromatic rings. The number of ether oxygens (including phenoxy) is 1. The average molecular weight is 780 g/mol. The van der Waals surface area contributed by atoms with Crippen LogP contribution in [0.25, 0.3) is 50.0 Å². The van der Waals surface area contributed by atoms with Crippen LogP contribution in [0.5, 0.6) is 11.5 Å². The van der Waals surface area contributed by atoms with Crippen molar-refractivity contribution in [2.75, 3.05) is 0 Å². The van der Waals surface area contributed by atoms with Gasteiger partial charge in [0.05, 0.1) is 0 Å². The molecule has 0 amide bonds. The fourth-order valence-corrected chi connectivity index (χ4v) is 7.95. The van der Waals surface area contributed by atoms with Gasteiger partial charge in [0.1, 0.15) is 0 Å². The molecule has 46 heavy (non-hydrogen) atoms. The molecule has 0 unspecified atom stereocenters. The van der Waals surface area contributed by atoms with Gasteiger partial charge in [0.2, 0.25) is 0 Å². The zero-order valence-corrected chi connectivity index (χ0v) is 28.3. The van der Waals surface area contributed by atoms with Crippen molar-refractivity contribution in [1.29, 1.82) is 0 Å². The number of pyridine rings is 1. The van der Waals surface area contributed by atoms with Gasteiger partial charge in [-0.25, -0.2) is 0 Å². The van der Waals surface area contributed by atoms with Gasteiger partial charge in [-0.2, -0.15) is 0 Å². The van der Waals surface area contributed by atoms with Gasteiger partial charge in [-0.05, 0) is 6.07 Å². The summed E-state index contributed by atoms with van der Waals surface area (Å²) in [6.45, 7) is 8.67. The number of fused-ring (bicyclic) bond motifs is 4. The van der Waals surface area contributed by atoms with E-state index in [9.17, 15) is 0 Å². The monoisotopic (exact) mass is 779 g/mol. The van der Waals surface area contributed by atoms with E-state index in [2.05, 4.69) is 152 Å². The number of imidazole rings is 1. The minimum atomic E-state index is 0.781. The van der Waals surface area contributed by atoms with Crippen molar-refractivity contribution in [3.8, 4) is 28.7 Å². The zero-order valence-electron chi connectivity index (χ0n) is 26.1. The van der Waals surface area contributed by atoms with E-state index < -0.39 is 0 Å². The number of nitrogens with zero attached hydrogens (tertiary/aromatic N) is 4. The number of hydrogen-bond donors (Lipinski definition) is 0. The molecule has 0 radical (unpaired) electrons. The van der Waals surface area contributed by atoms with Crippen LogP contribution in [-0.4, -0.2) is 18.7 Å². The van der Waals surface area contributed by atoms with Gasteiger partial charge in [-0.15, -0.1) is 0 Å². The number of para-hydroxylation sites is 3. The Morgan fingerprint density at radius 1 is 0.565 bits per heavy atom. The van der Waals surface area contributed by atoms with Crippen molar-refractivity contribution in [3.05, 3.63) is 148 Å². The molecule has 0 N–H and O–H groups in total. The van der Waals surface area contributed by atoms with Gasteiger partial charge in [0.25, 0.3) is 0 Å². The van der Waals surface area contributed by atoms with E-state index in [4.69, 9.17) is 9.72 Å². The maximum atomic E-state index is 6.70. The summed E-state index contributed by atoms with van der Waals surface area (Å²) in [4.78, 5) is 4.69. The molecule has 0 atom stereocenters. The third-order valence-corrected chi connectivity index (χ3v) is 9.73. The van der Waals surface area contributed by atoms with Crippen LogP contribution in [0.3, 0.4) is 0 Å². The number of rotatable bonds is 5. The van der Waals surface area contributed by atoms with Crippen molar-refractivity contribution in [1.82, 2.24) is 18.7 Å². The Balaban J connectivity index is 1.26. The molecule has 0 saturated carbocycles. The zero-order chi connectivity index (χ0) is 31.5. The molecule has 0 aliphatic carbocycles. The van der Waals surface area contributed by atoms with E-state index in [-0.39, 0.29) is 0 Å². The van der Waals surface area contributed by atoms with Gasteiger partial charge in [0, 0.05) is 6.20 Å². The van der Waals surface area contributed by atoms with Crippen molar-refractivity contribution >= 4 is 32.8 Å². The summed E-state index contributed by atoms with van der Waals surface area (Å²) in [6.07, 6.45) is 1.84. The van der Waals surface area contributed by atoms with Crippen molar-refractivity contribution in [3.63, 3.8) is 0 Å². The standard InChI is InChI=1S/C40H32N4O.Pt/c1-26-20-28(3)40(29(4)21-26)43-25-42(35-16-7-8-17-36(35)43)30-12-11-13-31(23-30)45-38-24-37-33(22-27(38)2)32-14-5-6-15-34(32)44(37)39-18-9-10-19-41-39;/h5-24H,1-4H3;. The van der Waals surface area contributed by atoms with Crippen LogP contribution in [0, 0.1) is 31.5 Å². The predicted molar refractivity (Wildman–Crippen MR) is 183 cm³/mol. The van der Waals surface area contributed by atoms with Crippen LogP contribution in [0.4, 0.5) is 0 Å². The topological polar surface area (TPSA) is 36.9 Å². The summed E-state index contributed by atoms with van der Waals surface area (Å²) in [6, 6.07) is 40.4. The maximum absolute atomic E-state index is 6.70. The summed E-state index contributed by atoms with van der Waals surface area (Å²) >= 11 is 2.46. The van der Waals surface area contributed by atoms with Gasteiger partial charge < -0.3 is 0 Å². The molecular formula is C40H32N4OPt. The normalized spacial score (nSPS) is 11.6. The fraction of sp³-hybridized carbons (Fsp3) is 0.100. The second kappa shape index (κ2) is 11.1. The molecule has 5 aromatic carbocycles. The molecule has 3 aromatic heterocycles. The van der Waals surface area contributed by atoms with E-state index in [1.54, 1.807) is 0 Å². The van der Waals surface area contributed by atoms with Crippen LogP contribution < -0.4 is 4.74 Å². The summed E-state index contributed by atoms with van der Waals surface area (Å²) < 4.78 is 14.7. The first kappa shape index (κ1) is 28.5. The Morgan fingerprint density at radius 2 is 1.26 bits per heavy atom. The van der Waals surface area contributed by atoms with Crippen LogP contribution >= 0.6 is 0 Å². The second-order valence-corrected chi connectivity index (χ2v) is 12.9. The third-order valence-electron chi connectivity index (χ3n) is 8.72. The molecule has 0 aliphatic heterocycles. The number of aromatic nitrogens is 4. The molecule has 0 aliphatic rings. The molecule has 5 nitrogen and oxygen atoms in total. The van der Waals surface area contributed by atoms with Gasteiger partial charge in [-0.3, -0.25) is 0 Å². The molecular weight excluding hydrogens is 748 g/mol. The van der Waals surface area contributed by atoms with E-state index in [1.807, 2.05) is 30.5 Å². The average Bonchev–Trinajstić information content (AvgIpc) is 3.52. The molecule has 6 heteroatoms. The first-order valence-corrected chi connectivity index (χ1v) is 16.5. The minimum absolute atomic E-state index is 0.781. The molecule has 0 saturated heterocycles. The SMILES string of the molecule is Cc1cc(C)c(-n2[c](=[Pt])n(-c3cccc(Oc4cc5c(cc4C)c4ccccc4n5-c4ccccn4)c3)c3ccccc32)c(C)c1. The Kier molecular flexibility index (Phi) is 6.88. The quantitative estimate of drug-likeness (QED) is 0.175. The predicted octanol–water partition coefficient (Wildman–Crippen LogP) is 10.0. The number of aryl methyl sites for hydroxylation is 4. The molecule has 8 rings (SSSR count). The summed E-state index contributed by atoms with van der Waals surface area (Å²) in [7, 11) is 0. The van der Waals surface area contributed by atoms with Crippen molar-refractivity contribution in [2.24, 2.45) is 0 Å².